The van der Waals surface area contributed by atoms with Crippen LogP contribution < -0.4 is 0 Å². The van der Waals surface area contributed by atoms with Crippen molar-refractivity contribution in [3.63, 3.8) is 0 Å². The van der Waals surface area contributed by atoms with Crippen LogP contribution in [0, 0.1) is 5.92 Å². The monoisotopic (exact) mass is 160 g/mol. The van der Waals surface area contributed by atoms with Gasteiger partial charge in [-0.1, -0.05) is 0 Å². The van der Waals surface area contributed by atoms with E-state index in [1.54, 1.807) is 0 Å². The summed E-state index contributed by atoms with van der Waals surface area (Å²) in [5.74, 6) is 0.772. The Morgan fingerprint density at radius 1 is 1.42 bits per heavy atom. The van der Waals surface area contributed by atoms with Gasteiger partial charge in [0.2, 0.25) is 0 Å². The molecule has 2 heterocycles. The number of aromatic nitrogens is 1. The summed E-state index contributed by atoms with van der Waals surface area (Å²) in [6.45, 7) is 1.05. The molecule has 1 N–H and O–H groups in total. The second-order valence-corrected chi connectivity index (χ2v) is 3.66. The molecular weight excluding hydrogens is 148 g/mol. The number of hydrogen-bond donors (Lipinski definition) is 1. The van der Waals surface area contributed by atoms with Crippen LogP contribution in [-0.4, -0.2) is 17.2 Å². The molecular formula is C10H12N2. The lowest BCUT2D eigenvalue weighted by atomic mass is 9.86. The van der Waals surface area contributed by atoms with Crippen LogP contribution in [0.1, 0.15) is 24.1 Å². The van der Waals surface area contributed by atoms with E-state index in [0.29, 0.717) is 0 Å². The van der Waals surface area contributed by atoms with E-state index in [9.17, 15) is 0 Å². The van der Waals surface area contributed by atoms with Crippen LogP contribution in [0.5, 0.6) is 0 Å². The molecule has 2 aliphatic rings. The highest BCUT2D eigenvalue weighted by molar-refractivity contribution is 6.05. The highest BCUT2D eigenvalue weighted by Gasteiger charge is 2.28. The number of aryl methyl sites for hydroxylation is 1. The van der Waals surface area contributed by atoms with Gasteiger partial charge in [-0.2, -0.15) is 0 Å². The maximum absolute atomic E-state index is 4.57. The van der Waals surface area contributed by atoms with Crippen LogP contribution in [-0.2, 0) is 6.42 Å². The van der Waals surface area contributed by atoms with Crippen molar-refractivity contribution in [2.24, 2.45) is 10.9 Å². The fourth-order valence-corrected chi connectivity index (χ4v) is 2.36. The lowest BCUT2D eigenvalue weighted by molar-refractivity contribution is 0.601. The van der Waals surface area contributed by atoms with Gasteiger partial charge in [-0.3, -0.25) is 4.99 Å². The summed E-state index contributed by atoms with van der Waals surface area (Å²) in [5.41, 5.74) is 4.16. The Kier molecular flexibility index (Phi) is 1.20. The van der Waals surface area contributed by atoms with E-state index in [0.717, 1.165) is 12.5 Å². The molecule has 0 fully saturated rings. The molecule has 1 aromatic rings. The molecule has 1 aliphatic heterocycles. The summed E-state index contributed by atoms with van der Waals surface area (Å²) >= 11 is 0. The third-order valence-electron chi connectivity index (χ3n) is 3.00. The van der Waals surface area contributed by atoms with E-state index in [4.69, 9.17) is 0 Å². The van der Waals surface area contributed by atoms with Gasteiger partial charge < -0.3 is 4.98 Å². The Hall–Kier alpha value is -1.05. The van der Waals surface area contributed by atoms with Crippen molar-refractivity contribution in [1.82, 2.24) is 4.98 Å². The highest BCUT2D eigenvalue weighted by Crippen LogP contribution is 2.30. The van der Waals surface area contributed by atoms with Gasteiger partial charge in [0.15, 0.2) is 0 Å². The van der Waals surface area contributed by atoms with Gasteiger partial charge in [-0.25, -0.2) is 0 Å². The molecule has 3 rings (SSSR count). The van der Waals surface area contributed by atoms with Crippen molar-refractivity contribution in [3.05, 3.63) is 23.5 Å². The molecule has 62 valence electrons. The average Bonchev–Trinajstić information content (AvgIpc) is 2.71. The minimum absolute atomic E-state index is 0.772. The predicted octanol–water partition coefficient (Wildman–Crippen LogP) is 1.77. The highest BCUT2D eigenvalue weighted by atomic mass is 14.8. The zero-order chi connectivity index (χ0) is 7.97. The molecule has 0 radical (unpaired) electrons. The molecule has 1 unspecified atom stereocenters. The standard InChI is InChI=1S/C10H12N2/c1-2-9-8(4-6-11-9)10-7(1)3-5-12-10/h4,6-7,11H,1-3,5H2. The summed E-state index contributed by atoms with van der Waals surface area (Å²) in [4.78, 5) is 7.86. The van der Waals surface area contributed by atoms with Crippen LogP contribution >= 0.6 is 0 Å². The van der Waals surface area contributed by atoms with E-state index in [-0.39, 0.29) is 0 Å². The minimum Gasteiger partial charge on any atom is -0.364 e. The fourth-order valence-electron chi connectivity index (χ4n) is 2.36. The molecule has 0 bridgehead atoms. The van der Waals surface area contributed by atoms with Crippen molar-refractivity contribution >= 4 is 5.71 Å². The zero-order valence-corrected chi connectivity index (χ0v) is 7.01. The van der Waals surface area contributed by atoms with E-state index in [1.165, 1.54) is 36.2 Å². The molecule has 1 aromatic heterocycles. The average molecular weight is 160 g/mol. The number of rotatable bonds is 0. The first-order chi connectivity index (χ1) is 5.95. The van der Waals surface area contributed by atoms with Crippen molar-refractivity contribution < 1.29 is 0 Å². The van der Waals surface area contributed by atoms with Crippen molar-refractivity contribution in [2.75, 3.05) is 6.54 Å². The Balaban J connectivity index is 2.15. The molecule has 1 atom stereocenters. The second-order valence-electron chi connectivity index (χ2n) is 3.66. The summed E-state index contributed by atoms with van der Waals surface area (Å²) in [6, 6.07) is 2.17. The maximum atomic E-state index is 4.57. The summed E-state index contributed by atoms with van der Waals surface area (Å²) < 4.78 is 0. The predicted molar refractivity (Wildman–Crippen MR) is 48.6 cm³/mol. The van der Waals surface area contributed by atoms with Crippen LogP contribution in [0.15, 0.2) is 17.3 Å². The number of nitrogens with zero attached hydrogens (tertiary/aromatic N) is 1. The number of nitrogens with one attached hydrogen (secondary N) is 1. The first kappa shape index (κ1) is 6.46. The Labute approximate surface area is 71.7 Å². The topological polar surface area (TPSA) is 28.1 Å². The normalized spacial score (nSPS) is 26.3. The first-order valence-corrected chi connectivity index (χ1v) is 4.66. The number of aliphatic imine (C=N–C) groups is 1. The lowest BCUT2D eigenvalue weighted by Crippen LogP contribution is -2.18. The van der Waals surface area contributed by atoms with Crippen molar-refractivity contribution in [2.45, 2.75) is 19.3 Å². The van der Waals surface area contributed by atoms with Gasteiger partial charge >= 0.3 is 0 Å². The third-order valence-corrected chi connectivity index (χ3v) is 3.00. The number of H-pyrrole nitrogens is 1. The molecule has 12 heavy (non-hydrogen) atoms. The molecule has 1 aliphatic carbocycles. The quantitative estimate of drug-likeness (QED) is 0.599. The van der Waals surface area contributed by atoms with E-state index < -0.39 is 0 Å². The van der Waals surface area contributed by atoms with Crippen molar-refractivity contribution in [1.29, 1.82) is 0 Å². The lowest BCUT2D eigenvalue weighted by Gasteiger charge is -2.18. The van der Waals surface area contributed by atoms with E-state index >= 15 is 0 Å². The first-order valence-electron chi connectivity index (χ1n) is 4.66. The Bertz CT molecular complexity index is 335. The van der Waals surface area contributed by atoms with Gasteiger partial charge in [-0.15, -0.1) is 0 Å². The minimum atomic E-state index is 0.772. The van der Waals surface area contributed by atoms with E-state index in [1.807, 2.05) is 6.20 Å². The van der Waals surface area contributed by atoms with Gasteiger partial charge in [0.25, 0.3) is 0 Å². The van der Waals surface area contributed by atoms with Gasteiger partial charge in [0.1, 0.15) is 0 Å². The summed E-state index contributed by atoms with van der Waals surface area (Å²) in [6.07, 6.45) is 5.83. The Morgan fingerprint density at radius 3 is 3.42 bits per heavy atom. The molecule has 0 amide bonds. The maximum Gasteiger partial charge on any atom is 0.0470 e. The number of hydrogen-bond acceptors (Lipinski definition) is 1. The van der Waals surface area contributed by atoms with Crippen LogP contribution in [0.3, 0.4) is 0 Å². The molecule has 0 spiro atoms. The van der Waals surface area contributed by atoms with Crippen LogP contribution in [0.2, 0.25) is 0 Å². The van der Waals surface area contributed by atoms with Crippen LogP contribution in [0.25, 0.3) is 0 Å². The third kappa shape index (κ3) is 0.724. The SMILES string of the molecule is c1cc2c([nH]1)CCC1CCN=C21. The zero-order valence-electron chi connectivity index (χ0n) is 7.01. The van der Waals surface area contributed by atoms with Crippen molar-refractivity contribution in [3.8, 4) is 0 Å². The molecule has 0 saturated carbocycles. The smallest absolute Gasteiger partial charge is 0.0470 e. The molecule has 2 heteroatoms. The second kappa shape index (κ2) is 2.22. The van der Waals surface area contributed by atoms with Gasteiger partial charge in [0.05, 0.1) is 0 Å². The summed E-state index contributed by atoms with van der Waals surface area (Å²) in [5, 5.41) is 0. The van der Waals surface area contributed by atoms with Gasteiger partial charge in [-0.05, 0) is 25.3 Å². The summed E-state index contributed by atoms with van der Waals surface area (Å²) in [7, 11) is 0. The van der Waals surface area contributed by atoms with Gasteiger partial charge in [0, 0.05) is 35.6 Å². The Morgan fingerprint density at radius 2 is 2.42 bits per heavy atom. The number of aromatic amines is 1. The number of fused-ring (bicyclic) bond motifs is 3. The van der Waals surface area contributed by atoms with Crippen LogP contribution in [0.4, 0.5) is 0 Å². The molecule has 2 nitrogen and oxygen atoms in total. The molecule has 0 aromatic carbocycles. The fraction of sp³-hybridized carbons (Fsp3) is 0.500. The largest absolute Gasteiger partial charge is 0.364 e. The van der Waals surface area contributed by atoms with E-state index in [2.05, 4.69) is 16.0 Å². The molecule has 0 saturated heterocycles.